The van der Waals surface area contributed by atoms with E-state index in [1.165, 1.54) is 0 Å². The molecular formula is C10H13BrN2O3. The Morgan fingerprint density at radius 2 is 2.12 bits per heavy atom. The van der Waals surface area contributed by atoms with Gasteiger partial charge in [0.2, 0.25) is 0 Å². The van der Waals surface area contributed by atoms with Crippen LogP contribution in [0.25, 0.3) is 0 Å². The highest BCUT2D eigenvalue weighted by Gasteiger charge is 2.21. The summed E-state index contributed by atoms with van der Waals surface area (Å²) in [5.74, 6) is -1.87. The quantitative estimate of drug-likeness (QED) is 0.787. The normalized spacial score (nSPS) is 14.2. The lowest BCUT2D eigenvalue weighted by molar-refractivity contribution is -0.141. The van der Waals surface area contributed by atoms with Gasteiger partial charge in [0.05, 0.1) is 5.92 Å². The van der Waals surface area contributed by atoms with Gasteiger partial charge in [-0.1, -0.05) is 0 Å². The van der Waals surface area contributed by atoms with E-state index in [0.717, 1.165) is 4.47 Å². The molecule has 0 spiro atoms. The highest BCUT2D eigenvalue weighted by Crippen LogP contribution is 2.11. The van der Waals surface area contributed by atoms with Crippen molar-refractivity contribution in [3.63, 3.8) is 0 Å². The number of aromatic amines is 1. The van der Waals surface area contributed by atoms with Crippen LogP contribution in [0.2, 0.25) is 0 Å². The van der Waals surface area contributed by atoms with E-state index in [4.69, 9.17) is 5.11 Å². The maximum Gasteiger partial charge on any atom is 0.308 e. The van der Waals surface area contributed by atoms with Gasteiger partial charge in [0, 0.05) is 16.7 Å². The number of carboxylic acids is 1. The maximum atomic E-state index is 11.6. The third-order valence-corrected chi connectivity index (χ3v) is 2.85. The van der Waals surface area contributed by atoms with Crippen LogP contribution in [0.3, 0.4) is 0 Å². The fourth-order valence-corrected chi connectivity index (χ4v) is 1.47. The molecule has 0 saturated carbocycles. The maximum absolute atomic E-state index is 11.6. The number of aliphatic carboxylic acids is 1. The minimum atomic E-state index is -0.930. The summed E-state index contributed by atoms with van der Waals surface area (Å²) in [5, 5.41) is 11.4. The van der Waals surface area contributed by atoms with Crippen LogP contribution in [0.1, 0.15) is 24.3 Å². The van der Waals surface area contributed by atoms with E-state index in [0.29, 0.717) is 5.69 Å². The van der Waals surface area contributed by atoms with Crippen molar-refractivity contribution in [2.24, 2.45) is 5.92 Å². The van der Waals surface area contributed by atoms with Gasteiger partial charge in [0.15, 0.2) is 0 Å². The molecule has 1 amide bonds. The second-order valence-corrected chi connectivity index (χ2v) is 4.54. The molecule has 0 bridgehead atoms. The van der Waals surface area contributed by atoms with E-state index in [-0.39, 0.29) is 5.91 Å². The number of carbonyl (C=O) groups is 2. The predicted molar refractivity (Wildman–Crippen MR) is 62.2 cm³/mol. The molecule has 0 aliphatic rings. The van der Waals surface area contributed by atoms with E-state index < -0.39 is 17.9 Å². The third kappa shape index (κ3) is 3.10. The molecule has 16 heavy (non-hydrogen) atoms. The zero-order chi connectivity index (χ0) is 12.3. The van der Waals surface area contributed by atoms with Gasteiger partial charge in [-0.15, -0.1) is 0 Å². The summed E-state index contributed by atoms with van der Waals surface area (Å²) in [6.07, 6.45) is 1.64. The van der Waals surface area contributed by atoms with Gasteiger partial charge < -0.3 is 15.4 Å². The van der Waals surface area contributed by atoms with Crippen LogP contribution in [0.4, 0.5) is 0 Å². The van der Waals surface area contributed by atoms with Crippen LogP contribution in [-0.2, 0) is 4.79 Å². The van der Waals surface area contributed by atoms with Crippen LogP contribution in [-0.4, -0.2) is 28.0 Å². The average Bonchev–Trinajstić information content (AvgIpc) is 2.63. The SMILES string of the molecule is CC(NC(=O)c1cc(Br)c[nH]1)C(C)C(=O)O. The Bertz CT molecular complexity index is 403. The molecule has 0 radical (unpaired) electrons. The van der Waals surface area contributed by atoms with Crippen molar-refractivity contribution in [2.45, 2.75) is 19.9 Å². The number of carboxylic acid groups (broad SMARTS) is 1. The fourth-order valence-electron chi connectivity index (χ4n) is 1.12. The predicted octanol–water partition coefficient (Wildman–Crippen LogP) is 1.62. The van der Waals surface area contributed by atoms with Crippen LogP contribution < -0.4 is 5.32 Å². The average molecular weight is 289 g/mol. The van der Waals surface area contributed by atoms with Crippen LogP contribution >= 0.6 is 15.9 Å². The lowest BCUT2D eigenvalue weighted by Crippen LogP contribution is -2.40. The number of aromatic nitrogens is 1. The summed E-state index contributed by atoms with van der Waals surface area (Å²) in [5.41, 5.74) is 0.399. The Hall–Kier alpha value is -1.30. The van der Waals surface area contributed by atoms with E-state index in [9.17, 15) is 9.59 Å². The number of amides is 1. The molecule has 3 N–H and O–H groups in total. The van der Waals surface area contributed by atoms with E-state index in [1.807, 2.05) is 0 Å². The van der Waals surface area contributed by atoms with Crippen LogP contribution in [0.15, 0.2) is 16.7 Å². The molecule has 1 heterocycles. The smallest absolute Gasteiger partial charge is 0.308 e. The first-order valence-electron chi connectivity index (χ1n) is 4.79. The number of hydrogen-bond acceptors (Lipinski definition) is 2. The number of carbonyl (C=O) groups excluding carboxylic acids is 1. The van der Waals surface area contributed by atoms with Crippen LogP contribution in [0, 0.1) is 5.92 Å². The van der Waals surface area contributed by atoms with Crippen molar-refractivity contribution in [1.82, 2.24) is 10.3 Å². The molecule has 0 aliphatic carbocycles. The van der Waals surface area contributed by atoms with Crippen molar-refractivity contribution in [3.8, 4) is 0 Å². The summed E-state index contributed by atoms with van der Waals surface area (Å²) >= 11 is 3.21. The van der Waals surface area contributed by atoms with Gasteiger partial charge in [0.1, 0.15) is 5.69 Å². The lowest BCUT2D eigenvalue weighted by Gasteiger charge is -2.17. The first-order valence-corrected chi connectivity index (χ1v) is 5.58. The first-order chi connectivity index (χ1) is 7.41. The fraction of sp³-hybridized carbons (Fsp3) is 0.400. The molecular weight excluding hydrogens is 276 g/mol. The minimum absolute atomic E-state index is 0.314. The Morgan fingerprint density at radius 3 is 2.56 bits per heavy atom. The van der Waals surface area contributed by atoms with Crippen molar-refractivity contribution in [1.29, 1.82) is 0 Å². The van der Waals surface area contributed by atoms with Crippen molar-refractivity contribution >= 4 is 27.8 Å². The standard InChI is InChI=1S/C10H13BrN2O3/c1-5(10(15)16)6(2)13-9(14)8-3-7(11)4-12-8/h3-6,12H,1-2H3,(H,13,14)(H,15,16). The van der Waals surface area contributed by atoms with Crippen molar-refractivity contribution in [3.05, 3.63) is 22.4 Å². The van der Waals surface area contributed by atoms with Crippen LogP contribution in [0.5, 0.6) is 0 Å². The summed E-state index contributed by atoms with van der Waals surface area (Å²) in [4.78, 5) is 25.1. The molecule has 1 aromatic rings. The molecule has 5 nitrogen and oxygen atoms in total. The number of nitrogens with one attached hydrogen (secondary N) is 2. The third-order valence-electron chi connectivity index (χ3n) is 2.39. The second kappa shape index (κ2) is 5.16. The highest BCUT2D eigenvalue weighted by atomic mass is 79.9. The van der Waals surface area contributed by atoms with Gasteiger partial charge in [-0.2, -0.15) is 0 Å². The largest absolute Gasteiger partial charge is 0.481 e. The molecule has 2 atom stereocenters. The van der Waals surface area contributed by atoms with E-state index >= 15 is 0 Å². The number of halogens is 1. The Morgan fingerprint density at radius 1 is 1.50 bits per heavy atom. The zero-order valence-electron chi connectivity index (χ0n) is 8.95. The number of hydrogen-bond donors (Lipinski definition) is 3. The first kappa shape index (κ1) is 12.8. The summed E-state index contributed by atoms with van der Waals surface area (Å²) in [6, 6.07) is 1.21. The second-order valence-electron chi connectivity index (χ2n) is 3.62. The summed E-state index contributed by atoms with van der Waals surface area (Å²) in [7, 11) is 0. The molecule has 88 valence electrons. The van der Waals surface area contributed by atoms with E-state index in [2.05, 4.69) is 26.2 Å². The highest BCUT2D eigenvalue weighted by molar-refractivity contribution is 9.10. The van der Waals surface area contributed by atoms with Gasteiger partial charge in [-0.05, 0) is 35.8 Å². The zero-order valence-corrected chi connectivity index (χ0v) is 10.5. The molecule has 0 aromatic carbocycles. The molecule has 1 rings (SSSR count). The van der Waals surface area contributed by atoms with E-state index in [1.54, 1.807) is 26.1 Å². The molecule has 2 unspecified atom stereocenters. The number of H-pyrrole nitrogens is 1. The molecule has 0 aliphatic heterocycles. The number of rotatable bonds is 4. The summed E-state index contributed by atoms with van der Waals surface area (Å²) in [6.45, 7) is 3.21. The monoisotopic (exact) mass is 288 g/mol. The van der Waals surface area contributed by atoms with Gasteiger partial charge in [-0.25, -0.2) is 0 Å². The Balaban J connectivity index is 2.61. The van der Waals surface area contributed by atoms with Crippen molar-refractivity contribution in [2.75, 3.05) is 0 Å². The summed E-state index contributed by atoms with van der Waals surface area (Å²) < 4.78 is 0.775. The molecule has 1 aromatic heterocycles. The van der Waals surface area contributed by atoms with Crippen molar-refractivity contribution < 1.29 is 14.7 Å². The molecule has 0 fully saturated rings. The Labute approximate surface area is 101 Å². The minimum Gasteiger partial charge on any atom is -0.481 e. The Kier molecular flexibility index (Phi) is 4.12. The molecule has 0 saturated heterocycles. The van der Waals surface area contributed by atoms with Gasteiger partial charge >= 0.3 is 5.97 Å². The van der Waals surface area contributed by atoms with Gasteiger partial charge in [-0.3, -0.25) is 9.59 Å². The topological polar surface area (TPSA) is 82.2 Å². The van der Waals surface area contributed by atoms with Gasteiger partial charge in [0.25, 0.3) is 5.91 Å². The lowest BCUT2D eigenvalue weighted by atomic mass is 10.0. The molecule has 6 heteroatoms.